The Morgan fingerprint density at radius 1 is 0.500 bits per heavy atom. The first-order valence-electron chi connectivity index (χ1n) is 10.0. The molecule has 0 aromatic carbocycles. The van der Waals surface area contributed by atoms with E-state index in [4.69, 9.17) is 35.7 Å². The molecule has 0 saturated carbocycles. The summed E-state index contributed by atoms with van der Waals surface area (Å²) in [5.74, 6) is 0. The Morgan fingerprint density at radius 2 is 0.632 bits per heavy atom. The van der Waals surface area contributed by atoms with Gasteiger partial charge in [-0.1, -0.05) is 41.0 Å². The predicted molar refractivity (Wildman–Crippen MR) is 130 cm³/mol. The van der Waals surface area contributed by atoms with Crippen molar-refractivity contribution in [3.8, 4) is 0 Å². The summed E-state index contributed by atoms with van der Waals surface area (Å²) in [6, 6.07) is 0. The number of rotatable bonds is 6. The van der Waals surface area contributed by atoms with Crippen molar-refractivity contribution in [3.05, 3.63) is 0 Å². The molecule has 38 heavy (non-hydrogen) atoms. The quantitative estimate of drug-likeness (QED) is 0.139. The third-order valence-electron chi connectivity index (χ3n) is 1.32. The minimum absolute atomic E-state index is 0. The van der Waals surface area contributed by atoms with Crippen molar-refractivity contribution < 1.29 is 148 Å². The van der Waals surface area contributed by atoms with Gasteiger partial charge in [0.2, 0.25) is 0 Å². The Kier molecular flexibility index (Phi) is 339. The Hall–Kier alpha value is 1.36. The molecule has 2 fully saturated rings. The van der Waals surface area contributed by atoms with E-state index in [1.165, 1.54) is 0 Å². The SMILES string of the molecule is C.C1CO1.C1CO1.CCCO.CCC[O-].CCC[O-].O.OCCO.[H+].[H+].[H+].[H+].[Na+].[Na+].[O-]CCO.[O-]CCO.[OH-].[OH-].[OH-].[OH-]. The van der Waals surface area contributed by atoms with Crippen molar-refractivity contribution in [1.82, 2.24) is 0 Å². The molecule has 2 rings (SSSR count). The van der Waals surface area contributed by atoms with Gasteiger partial charge in [-0.25, -0.2) is 0 Å². The first kappa shape index (κ1) is 90.1. The largest absolute Gasteiger partial charge is 1.00 e. The predicted octanol–water partition coefficient (Wildman–Crippen LogP) is -10.9. The van der Waals surface area contributed by atoms with Gasteiger partial charge in [0, 0.05) is 19.8 Å². The zero-order valence-electron chi connectivity index (χ0n) is 27.3. The summed E-state index contributed by atoms with van der Waals surface area (Å²) in [7, 11) is 0. The molecule has 240 valence electrons. The molecule has 11 N–H and O–H groups in total. The van der Waals surface area contributed by atoms with Crippen molar-refractivity contribution in [2.45, 2.75) is 47.5 Å². The van der Waals surface area contributed by atoms with Crippen LogP contribution < -0.4 is 79.5 Å². The second-order valence-electron chi connectivity index (χ2n) is 4.66. The van der Waals surface area contributed by atoms with Crippen LogP contribution in [0.15, 0.2) is 0 Å². The summed E-state index contributed by atoms with van der Waals surface area (Å²) in [6.07, 6.45) is 2.40. The smallest absolute Gasteiger partial charge is 0.870 e. The monoisotopic (exact) mass is 602 g/mol. The van der Waals surface area contributed by atoms with Crippen molar-refractivity contribution in [2.75, 3.05) is 85.9 Å². The van der Waals surface area contributed by atoms with Gasteiger partial charge in [-0.05, 0) is 6.42 Å². The molecule has 0 aromatic rings. The van der Waals surface area contributed by atoms with Gasteiger partial charge in [-0.2, -0.15) is 0 Å². The number of hydrogen-bond donors (Lipinski definition) is 5. The van der Waals surface area contributed by atoms with E-state index in [2.05, 4.69) is 9.47 Å². The van der Waals surface area contributed by atoms with E-state index in [0.29, 0.717) is 6.61 Å². The van der Waals surface area contributed by atoms with E-state index in [-0.39, 0.29) is 152 Å². The van der Waals surface area contributed by atoms with Crippen molar-refractivity contribution in [2.24, 2.45) is 0 Å². The Balaban J connectivity index is -0.00000000941. The molecule has 0 aromatic heterocycles. The minimum atomic E-state index is -0.375. The number of aliphatic hydroxyl groups excluding tert-OH is 5. The average molecular weight is 603 g/mol. The molecule has 16 nitrogen and oxygen atoms in total. The van der Waals surface area contributed by atoms with E-state index in [9.17, 15) is 10.2 Å². The summed E-state index contributed by atoms with van der Waals surface area (Å²) in [5.41, 5.74) is 0. The third kappa shape index (κ3) is 564. The molecule has 0 bridgehead atoms. The van der Waals surface area contributed by atoms with Gasteiger partial charge >= 0.3 is 64.8 Å². The standard InChI is InChI=1S/C3H8O.2C3H7O.C2H6O2.2C2H5O2.2C2H4O.CH4.2Na.5H2O/c3*1-2-3-4;3*3-1-2-4;2*1-2-3-1;;;;;;;;/h4H,2-3H2,1H3;2*2-3H2,1H3;3-4H,1-2H2;2*3H,1-2H2;2*1-2H2;1H4;;;5*1H2/q;2*-1;;2*-1;;;;2*+1;;;;;. The van der Waals surface area contributed by atoms with Crippen LogP contribution in [0, 0.1) is 0 Å². The summed E-state index contributed by atoms with van der Waals surface area (Å²) in [6.45, 7) is 8.65. The fourth-order valence-corrected chi connectivity index (χ4v) is 0. The maximum atomic E-state index is 9.30. The van der Waals surface area contributed by atoms with Crippen LogP contribution in [0.5, 0.6) is 0 Å². The van der Waals surface area contributed by atoms with Crippen LogP contribution in [0.25, 0.3) is 0 Å². The number of aliphatic hydroxyl groups is 5. The zero-order valence-corrected chi connectivity index (χ0v) is 27.3. The first-order valence-corrected chi connectivity index (χ1v) is 10.0. The zero-order chi connectivity index (χ0) is 24.7. The van der Waals surface area contributed by atoms with E-state index >= 15 is 0 Å². The number of epoxide rings is 2. The van der Waals surface area contributed by atoms with Gasteiger partial charge in [0.05, 0.1) is 39.6 Å². The second kappa shape index (κ2) is 143. The third-order valence-corrected chi connectivity index (χ3v) is 1.32. The Labute approximate surface area is 279 Å². The van der Waals surface area contributed by atoms with E-state index in [1.54, 1.807) is 0 Å². The molecular weight excluding hydrogens is 542 g/mol. The Morgan fingerprint density at radius 3 is 0.632 bits per heavy atom. The van der Waals surface area contributed by atoms with Crippen LogP contribution in [0.3, 0.4) is 0 Å². The maximum absolute atomic E-state index is 9.30. The summed E-state index contributed by atoms with van der Waals surface area (Å²) in [5, 5.41) is 74.9. The van der Waals surface area contributed by atoms with Crippen molar-refractivity contribution in [1.29, 1.82) is 0 Å². The van der Waals surface area contributed by atoms with E-state index in [1.807, 2.05) is 20.8 Å². The second-order valence-corrected chi connectivity index (χ2v) is 4.66. The summed E-state index contributed by atoms with van der Waals surface area (Å²) < 4.78 is 9.00. The topological polar surface area (TPSA) is 370 Å². The molecule has 0 radical (unpaired) electrons. The molecule has 0 atom stereocenters. The van der Waals surface area contributed by atoms with Crippen LogP contribution in [-0.2, 0) is 9.47 Å². The van der Waals surface area contributed by atoms with Gasteiger partial charge < -0.3 is 82.8 Å². The van der Waals surface area contributed by atoms with Crippen LogP contribution in [0.1, 0.15) is 53.2 Å². The van der Waals surface area contributed by atoms with E-state index < -0.39 is 0 Å². The van der Waals surface area contributed by atoms with E-state index in [0.717, 1.165) is 45.7 Å². The molecule has 2 saturated heterocycles. The molecule has 2 aliphatic rings. The van der Waals surface area contributed by atoms with Gasteiger partial charge in [0.15, 0.2) is 0 Å². The van der Waals surface area contributed by atoms with Gasteiger partial charge in [-0.3, -0.25) is 0 Å². The minimum Gasteiger partial charge on any atom is -0.870 e. The molecule has 0 amide bonds. The molecule has 2 heterocycles. The molecule has 0 spiro atoms. The van der Waals surface area contributed by atoms with Crippen LogP contribution in [0.2, 0.25) is 0 Å². The van der Waals surface area contributed by atoms with Crippen molar-refractivity contribution >= 4 is 0 Å². The fraction of sp³-hybridized carbons (Fsp3) is 1.00. The molecule has 18 heteroatoms. The first-order chi connectivity index (χ1) is 14.5. The van der Waals surface area contributed by atoms with Gasteiger partial charge in [0.25, 0.3) is 0 Å². The van der Waals surface area contributed by atoms with Crippen LogP contribution in [0.4, 0.5) is 0 Å². The fourth-order valence-electron chi connectivity index (χ4n) is 0. The molecule has 0 unspecified atom stereocenters. The normalized spacial score (nSPS) is 8.53. The Bertz CT molecular complexity index is 158. The summed E-state index contributed by atoms with van der Waals surface area (Å²) in [4.78, 5) is 0. The molecular formula is C20H60Na2O16-2. The molecule has 2 aliphatic heterocycles. The van der Waals surface area contributed by atoms with Crippen LogP contribution >= 0.6 is 0 Å². The summed E-state index contributed by atoms with van der Waals surface area (Å²) >= 11 is 0. The maximum Gasteiger partial charge on any atom is 1.00 e. The van der Waals surface area contributed by atoms with Crippen molar-refractivity contribution in [3.63, 3.8) is 0 Å². The van der Waals surface area contributed by atoms with Gasteiger partial charge in [0.1, 0.15) is 0 Å². The average Bonchev–Trinajstić information content (AvgIpc) is 3.69. The van der Waals surface area contributed by atoms with Crippen LogP contribution in [-0.4, -0.2) is 139 Å². The number of hydrogen-bond acceptors (Lipinski definition) is 15. The molecule has 0 aliphatic carbocycles. The van der Waals surface area contributed by atoms with Gasteiger partial charge in [-0.15, -0.1) is 26.4 Å². The number of ether oxygens (including phenoxy) is 2.